The van der Waals surface area contributed by atoms with Crippen molar-refractivity contribution in [1.29, 1.82) is 0 Å². The van der Waals surface area contributed by atoms with Crippen molar-refractivity contribution in [2.45, 2.75) is 37.8 Å². The topological polar surface area (TPSA) is 25.8 Å². The fourth-order valence-electron chi connectivity index (χ4n) is 2.82. The highest BCUT2D eigenvalue weighted by Crippen LogP contribution is 2.44. The largest absolute Gasteiger partial charge is 0.256 e. The van der Waals surface area contributed by atoms with Gasteiger partial charge in [-0.25, -0.2) is 0 Å². The molecule has 1 aliphatic rings. The molecular weight excluding hydrogens is 251 g/mol. The summed E-state index contributed by atoms with van der Waals surface area (Å²) in [5.74, 6) is 0. The molecule has 0 aromatic carbocycles. The molecule has 3 rings (SSSR count). The Bertz CT molecular complexity index is 455. The predicted molar refractivity (Wildman–Crippen MR) is 81.5 cm³/mol. The van der Waals surface area contributed by atoms with E-state index in [0.29, 0.717) is 0 Å². The zero-order chi connectivity index (χ0) is 12.9. The van der Waals surface area contributed by atoms with E-state index in [1.165, 1.54) is 43.0 Å². The fraction of sp³-hybridized carbons (Fsp3) is 0.375. The van der Waals surface area contributed by atoms with Crippen molar-refractivity contribution >= 4 is 18.8 Å². The van der Waals surface area contributed by atoms with Gasteiger partial charge in [-0.2, -0.15) is 0 Å². The lowest BCUT2D eigenvalue weighted by molar-refractivity contribution is 0.513. The molecule has 1 aliphatic carbocycles. The van der Waals surface area contributed by atoms with E-state index < -0.39 is 7.92 Å². The minimum atomic E-state index is -0.391. The van der Waals surface area contributed by atoms with Gasteiger partial charge < -0.3 is 0 Å². The molecule has 0 amide bonds. The summed E-state index contributed by atoms with van der Waals surface area (Å²) >= 11 is 0. The number of rotatable bonds is 3. The van der Waals surface area contributed by atoms with Crippen LogP contribution in [-0.4, -0.2) is 15.6 Å². The first-order valence-electron chi connectivity index (χ1n) is 7.06. The lowest BCUT2D eigenvalue weighted by Gasteiger charge is -2.29. The average Bonchev–Trinajstić information content (AvgIpc) is 2.51. The Labute approximate surface area is 116 Å². The van der Waals surface area contributed by atoms with Crippen molar-refractivity contribution in [3.05, 3.63) is 48.8 Å². The minimum Gasteiger partial charge on any atom is -0.256 e. The molecular formula is C16H19N2P. The lowest BCUT2D eigenvalue weighted by Crippen LogP contribution is -2.26. The van der Waals surface area contributed by atoms with Crippen LogP contribution in [0.4, 0.5) is 0 Å². The summed E-state index contributed by atoms with van der Waals surface area (Å²) < 4.78 is 0. The zero-order valence-corrected chi connectivity index (χ0v) is 12.0. The van der Waals surface area contributed by atoms with E-state index in [-0.39, 0.29) is 0 Å². The highest BCUT2D eigenvalue weighted by Gasteiger charge is 2.27. The fourth-order valence-corrected chi connectivity index (χ4v) is 5.56. The van der Waals surface area contributed by atoms with Crippen LogP contribution in [0.1, 0.15) is 32.1 Å². The minimum absolute atomic E-state index is 0.391. The molecule has 0 N–H and O–H groups in total. The van der Waals surface area contributed by atoms with Crippen molar-refractivity contribution in [3.8, 4) is 0 Å². The molecule has 0 unspecified atom stereocenters. The quantitative estimate of drug-likeness (QED) is 0.800. The Morgan fingerprint density at radius 3 is 1.84 bits per heavy atom. The van der Waals surface area contributed by atoms with Gasteiger partial charge in [0, 0.05) is 12.4 Å². The van der Waals surface area contributed by atoms with Crippen LogP contribution in [0, 0.1) is 0 Å². The number of hydrogen-bond acceptors (Lipinski definition) is 2. The van der Waals surface area contributed by atoms with E-state index >= 15 is 0 Å². The Morgan fingerprint density at radius 1 is 0.789 bits per heavy atom. The number of aromatic nitrogens is 2. The zero-order valence-electron chi connectivity index (χ0n) is 11.1. The van der Waals surface area contributed by atoms with E-state index in [4.69, 9.17) is 0 Å². The van der Waals surface area contributed by atoms with Crippen LogP contribution in [0.3, 0.4) is 0 Å². The van der Waals surface area contributed by atoms with E-state index in [1.54, 1.807) is 0 Å². The smallest absolute Gasteiger partial charge is 0.0694 e. The normalized spacial score (nSPS) is 16.7. The van der Waals surface area contributed by atoms with Gasteiger partial charge >= 0.3 is 0 Å². The Kier molecular flexibility index (Phi) is 4.20. The molecule has 0 saturated heterocycles. The van der Waals surface area contributed by atoms with Crippen LogP contribution in [0.2, 0.25) is 0 Å². The van der Waals surface area contributed by atoms with E-state index in [0.717, 1.165) is 5.66 Å². The van der Waals surface area contributed by atoms with Gasteiger partial charge in [-0.3, -0.25) is 9.97 Å². The van der Waals surface area contributed by atoms with Gasteiger partial charge in [0.25, 0.3) is 0 Å². The molecule has 2 aromatic heterocycles. The summed E-state index contributed by atoms with van der Waals surface area (Å²) in [5, 5.41) is 0. The molecule has 98 valence electrons. The van der Waals surface area contributed by atoms with Crippen molar-refractivity contribution in [2.24, 2.45) is 0 Å². The number of hydrogen-bond donors (Lipinski definition) is 0. The van der Waals surface area contributed by atoms with Gasteiger partial charge in [0.15, 0.2) is 0 Å². The molecule has 1 saturated carbocycles. The van der Waals surface area contributed by atoms with Gasteiger partial charge in [0.05, 0.1) is 10.9 Å². The third kappa shape index (κ3) is 3.01. The second-order valence-electron chi connectivity index (χ2n) is 5.04. The summed E-state index contributed by atoms with van der Waals surface area (Å²) in [5.41, 5.74) is 3.24. The SMILES string of the molecule is c1ccc(P(c2ccccn2)C2CCCCC2)nc1. The monoisotopic (exact) mass is 270 g/mol. The van der Waals surface area contributed by atoms with Crippen molar-refractivity contribution in [3.63, 3.8) is 0 Å². The van der Waals surface area contributed by atoms with Crippen LogP contribution in [0.25, 0.3) is 0 Å². The second-order valence-corrected chi connectivity index (χ2v) is 7.42. The van der Waals surface area contributed by atoms with Gasteiger partial charge in [0.2, 0.25) is 0 Å². The molecule has 19 heavy (non-hydrogen) atoms. The molecule has 2 aromatic rings. The Balaban J connectivity index is 1.96. The standard InChI is InChI=1S/C16H19N2P/c1-2-8-14(9-3-1)19(15-10-4-6-12-17-15)16-11-5-7-13-18-16/h4-7,10-14H,1-3,8-9H2. The first-order chi connectivity index (χ1) is 9.45. The maximum absolute atomic E-state index is 4.62. The van der Waals surface area contributed by atoms with E-state index in [1.807, 2.05) is 24.5 Å². The first kappa shape index (κ1) is 12.7. The molecule has 0 spiro atoms. The predicted octanol–water partition coefficient (Wildman–Crippen LogP) is 3.24. The molecule has 2 heterocycles. The highest BCUT2D eigenvalue weighted by molar-refractivity contribution is 7.73. The molecule has 3 heteroatoms. The Hall–Kier alpha value is -1.27. The molecule has 1 fully saturated rings. The Morgan fingerprint density at radius 2 is 1.37 bits per heavy atom. The van der Waals surface area contributed by atoms with Gasteiger partial charge in [0.1, 0.15) is 0 Å². The van der Waals surface area contributed by atoms with Crippen LogP contribution >= 0.6 is 7.92 Å². The molecule has 0 bridgehead atoms. The molecule has 0 aliphatic heterocycles. The second kappa shape index (κ2) is 6.25. The van der Waals surface area contributed by atoms with Crippen molar-refractivity contribution < 1.29 is 0 Å². The summed E-state index contributed by atoms with van der Waals surface area (Å²) in [7, 11) is -0.391. The van der Waals surface area contributed by atoms with Crippen molar-refractivity contribution in [1.82, 2.24) is 9.97 Å². The molecule has 0 radical (unpaired) electrons. The van der Waals surface area contributed by atoms with Crippen LogP contribution in [-0.2, 0) is 0 Å². The lowest BCUT2D eigenvalue weighted by atomic mass is 10.0. The summed E-state index contributed by atoms with van der Waals surface area (Å²) in [6.45, 7) is 0. The van der Waals surface area contributed by atoms with E-state index in [9.17, 15) is 0 Å². The summed E-state index contributed by atoms with van der Waals surface area (Å²) in [4.78, 5) is 9.24. The van der Waals surface area contributed by atoms with Crippen LogP contribution < -0.4 is 10.9 Å². The molecule has 2 nitrogen and oxygen atoms in total. The van der Waals surface area contributed by atoms with Gasteiger partial charge in [-0.05, 0) is 50.7 Å². The van der Waals surface area contributed by atoms with Crippen LogP contribution in [0.15, 0.2) is 48.8 Å². The van der Waals surface area contributed by atoms with Gasteiger partial charge in [-0.15, -0.1) is 0 Å². The summed E-state index contributed by atoms with van der Waals surface area (Å²) in [6, 6.07) is 12.5. The third-order valence-electron chi connectivity index (χ3n) is 3.73. The number of nitrogens with zero attached hydrogens (tertiary/aromatic N) is 2. The molecule has 0 atom stereocenters. The van der Waals surface area contributed by atoms with Crippen molar-refractivity contribution in [2.75, 3.05) is 0 Å². The van der Waals surface area contributed by atoms with Crippen LogP contribution in [0.5, 0.6) is 0 Å². The highest BCUT2D eigenvalue weighted by atomic mass is 31.1. The maximum Gasteiger partial charge on any atom is 0.0694 e. The number of pyridine rings is 2. The summed E-state index contributed by atoms with van der Waals surface area (Å²) in [6.07, 6.45) is 10.6. The van der Waals surface area contributed by atoms with Gasteiger partial charge in [-0.1, -0.05) is 31.4 Å². The maximum atomic E-state index is 4.62. The average molecular weight is 270 g/mol. The van der Waals surface area contributed by atoms with E-state index in [2.05, 4.69) is 34.2 Å². The first-order valence-corrected chi connectivity index (χ1v) is 8.47. The third-order valence-corrected chi connectivity index (χ3v) is 6.50.